The van der Waals surface area contributed by atoms with Crippen molar-refractivity contribution < 1.29 is 34.1 Å². The minimum Gasteiger partial charge on any atom is -0.394 e. The molecule has 1 aromatic rings. The highest BCUT2D eigenvalue weighted by atomic mass is 31.0. The number of Topliss-reactive ketones (excluding diaryl/α,β-unsaturated/α-hetero) is 1. The number of ketones is 1. The summed E-state index contributed by atoms with van der Waals surface area (Å²) >= 11 is 0. The van der Waals surface area contributed by atoms with E-state index in [0.29, 0.717) is 49.9 Å². The molecule has 3 saturated carbocycles. The molecule has 4 N–H and O–H groups in total. The van der Waals surface area contributed by atoms with Crippen molar-refractivity contribution in [1.29, 1.82) is 0 Å². The van der Waals surface area contributed by atoms with Crippen LogP contribution in [0.4, 0.5) is 4.39 Å². The molecule has 218 valence electrons. The Morgan fingerprint density at radius 2 is 1.88 bits per heavy atom. The van der Waals surface area contributed by atoms with Gasteiger partial charge in [0.1, 0.15) is 24.5 Å². The van der Waals surface area contributed by atoms with Gasteiger partial charge >= 0.3 is 0 Å². The van der Waals surface area contributed by atoms with E-state index in [2.05, 4.69) is 19.7 Å². The van der Waals surface area contributed by atoms with Gasteiger partial charge < -0.3 is 25.5 Å². The summed E-state index contributed by atoms with van der Waals surface area (Å²) in [6.07, 6.45) is 3.22. The van der Waals surface area contributed by atoms with Gasteiger partial charge in [-0.2, -0.15) is 0 Å². The number of benzene rings is 1. The molecule has 0 aliphatic heterocycles. The predicted molar refractivity (Wildman–Crippen MR) is 152 cm³/mol. The van der Waals surface area contributed by atoms with Crippen LogP contribution in [0.3, 0.4) is 0 Å². The molecule has 8 atom stereocenters. The van der Waals surface area contributed by atoms with Crippen molar-refractivity contribution in [2.45, 2.75) is 76.2 Å². The van der Waals surface area contributed by atoms with Gasteiger partial charge in [-0.05, 0) is 74.4 Å². The van der Waals surface area contributed by atoms with Gasteiger partial charge in [-0.1, -0.05) is 36.7 Å². The van der Waals surface area contributed by atoms with Gasteiger partial charge in [0.05, 0.1) is 18.4 Å². The summed E-state index contributed by atoms with van der Waals surface area (Å²) in [4.78, 5) is 30.3. The van der Waals surface area contributed by atoms with Crippen LogP contribution in [0.1, 0.15) is 69.2 Å². The van der Waals surface area contributed by atoms with Crippen LogP contribution in [0.2, 0.25) is 0 Å². The first-order valence-electron chi connectivity index (χ1n) is 14.2. The standard InChI is InChI=1S/C30H40FN2O6P/c1-27-11-9-20(33-39-14-13-32-26(37)18-3-6-21(40)7-4-18)15-19(27)5-8-23-22-10-12-29(38,25(36)17-34)28(22,2)16-24(35)30(23,27)31/h3-4,6-7,15,22-24,34-35,38H,5,8-14,16-17,40H2,1-2H3,(H,32,37)/b33-20+/t22?,23-,24-,27-,28-,29-,30-/m0/s1. The Hall–Kier alpha value is -2.19. The topological polar surface area (TPSA) is 128 Å². The molecule has 0 saturated heterocycles. The lowest BCUT2D eigenvalue weighted by atomic mass is 9.44. The number of aliphatic hydroxyl groups is 3. The van der Waals surface area contributed by atoms with Crippen molar-refractivity contribution in [3.8, 4) is 0 Å². The average molecular weight is 575 g/mol. The fraction of sp³-hybridized carbons (Fsp3) is 0.633. The van der Waals surface area contributed by atoms with Crippen molar-refractivity contribution in [2.75, 3.05) is 19.8 Å². The molecule has 1 aromatic carbocycles. The van der Waals surface area contributed by atoms with E-state index >= 15 is 4.39 Å². The maximum absolute atomic E-state index is 17.4. The number of fused-ring (bicyclic) bond motifs is 5. The molecule has 0 aromatic heterocycles. The van der Waals surface area contributed by atoms with E-state index in [4.69, 9.17) is 4.84 Å². The minimum atomic E-state index is -1.90. The number of halogens is 1. The van der Waals surface area contributed by atoms with E-state index in [0.717, 1.165) is 10.9 Å². The monoisotopic (exact) mass is 574 g/mol. The second-order valence-electron chi connectivity index (χ2n) is 12.4. The third kappa shape index (κ3) is 4.36. The van der Waals surface area contributed by atoms with Crippen LogP contribution in [0.5, 0.6) is 0 Å². The number of nitrogens with one attached hydrogen (secondary N) is 1. The van der Waals surface area contributed by atoms with Crippen LogP contribution in [0, 0.1) is 22.7 Å². The Morgan fingerprint density at radius 1 is 1.15 bits per heavy atom. The maximum Gasteiger partial charge on any atom is 0.251 e. The summed E-state index contributed by atoms with van der Waals surface area (Å²) in [5.41, 5.74) is -3.39. The van der Waals surface area contributed by atoms with E-state index in [9.17, 15) is 24.9 Å². The molecule has 0 radical (unpaired) electrons. The summed E-state index contributed by atoms with van der Waals surface area (Å²) < 4.78 is 17.4. The molecule has 4 aliphatic carbocycles. The number of allylic oxidation sites excluding steroid dienone is 2. The van der Waals surface area contributed by atoms with Gasteiger partial charge in [0, 0.05) is 22.3 Å². The Balaban J connectivity index is 1.26. The van der Waals surface area contributed by atoms with Gasteiger partial charge in [-0.15, -0.1) is 9.24 Å². The largest absolute Gasteiger partial charge is 0.394 e. The van der Waals surface area contributed by atoms with Gasteiger partial charge in [0.25, 0.3) is 5.91 Å². The Bertz CT molecular complexity index is 1240. The fourth-order valence-corrected chi connectivity index (χ4v) is 8.52. The second-order valence-corrected chi connectivity index (χ2v) is 13.1. The van der Waals surface area contributed by atoms with Crippen molar-refractivity contribution >= 4 is 31.9 Å². The van der Waals surface area contributed by atoms with Gasteiger partial charge in [0.15, 0.2) is 5.78 Å². The van der Waals surface area contributed by atoms with E-state index in [1.54, 1.807) is 19.1 Å². The number of amides is 1. The van der Waals surface area contributed by atoms with Crippen LogP contribution < -0.4 is 10.6 Å². The maximum atomic E-state index is 17.4. The van der Waals surface area contributed by atoms with Gasteiger partial charge in [-0.25, -0.2) is 4.39 Å². The molecule has 2 unspecified atom stereocenters. The molecule has 4 aliphatic rings. The van der Waals surface area contributed by atoms with Crippen molar-refractivity contribution in [3.05, 3.63) is 41.5 Å². The van der Waals surface area contributed by atoms with Crippen LogP contribution in [-0.2, 0) is 9.63 Å². The zero-order valence-corrected chi connectivity index (χ0v) is 24.3. The molecular weight excluding hydrogens is 534 g/mol. The zero-order chi connectivity index (χ0) is 28.9. The SMILES string of the molecule is C[C@]12CC/C(=N\OCCNC(=O)c3ccc(P)cc3)C=C1CC[C@H]1C3CC[C@](O)(C(=O)CO)[C@@]3(C)C[C@H](O)[C@@]12F. The lowest BCUT2D eigenvalue weighted by Crippen LogP contribution is -2.69. The number of hydrogen-bond acceptors (Lipinski definition) is 7. The van der Waals surface area contributed by atoms with E-state index < -0.39 is 46.5 Å². The Morgan fingerprint density at radius 3 is 2.58 bits per heavy atom. The van der Waals surface area contributed by atoms with Crippen molar-refractivity contribution in [3.63, 3.8) is 0 Å². The summed E-state index contributed by atoms with van der Waals surface area (Å²) in [5, 5.41) is 40.3. The third-order valence-electron chi connectivity index (χ3n) is 10.6. The van der Waals surface area contributed by atoms with E-state index in [-0.39, 0.29) is 31.3 Å². The normalized spacial score (nSPS) is 39.5. The number of carbonyl (C=O) groups is 2. The van der Waals surface area contributed by atoms with Crippen LogP contribution in [0.15, 0.2) is 41.1 Å². The molecule has 0 bridgehead atoms. The number of hydrogen-bond donors (Lipinski definition) is 4. The fourth-order valence-electron chi connectivity index (χ4n) is 8.32. The number of aliphatic hydroxyl groups excluding tert-OH is 2. The lowest BCUT2D eigenvalue weighted by molar-refractivity contribution is -0.226. The highest BCUT2D eigenvalue weighted by Gasteiger charge is 2.74. The highest BCUT2D eigenvalue weighted by molar-refractivity contribution is 7.27. The number of rotatable bonds is 7. The first kappa shape index (κ1) is 29.3. The quantitative estimate of drug-likeness (QED) is 0.225. The molecule has 10 heteroatoms. The number of nitrogens with zero attached hydrogens (tertiary/aromatic N) is 1. The zero-order valence-electron chi connectivity index (χ0n) is 23.2. The first-order chi connectivity index (χ1) is 18.9. The molecule has 0 heterocycles. The summed E-state index contributed by atoms with van der Waals surface area (Å²) in [6.45, 7) is 3.38. The molecule has 1 amide bonds. The van der Waals surface area contributed by atoms with E-state index in [1.807, 2.05) is 25.1 Å². The molecule has 8 nitrogen and oxygen atoms in total. The van der Waals surface area contributed by atoms with E-state index in [1.165, 1.54) is 0 Å². The van der Waals surface area contributed by atoms with Crippen molar-refractivity contribution in [2.24, 2.45) is 27.8 Å². The van der Waals surface area contributed by atoms with Crippen LogP contribution in [-0.4, -0.2) is 69.9 Å². The van der Waals surface area contributed by atoms with Crippen LogP contribution >= 0.6 is 9.24 Å². The average Bonchev–Trinajstić information content (AvgIpc) is 3.20. The molecule has 5 rings (SSSR count). The Kier molecular flexibility index (Phi) is 7.75. The molecule has 3 fully saturated rings. The number of oxime groups is 1. The summed E-state index contributed by atoms with van der Waals surface area (Å²) in [5.74, 6) is -1.61. The summed E-state index contributed by atoms with van der Waals surface area (Å²) in [7, 11) is 2.58. The molecule has 40 heavy (non-hydrogen) atoms. The molecule has 0 spiro atoms. The molecular formula is C30H40FN2O6P. The Labute approximate surface area is 236 Å². The second kappa shape index (κ2) is 10.6. The highest BCUT2D eigenvalue weighted by Crippen LogP contribution is 2.70. The van der Waals surface area contributed by atoms with Crippen molar-refractivity contribution in [1.82, 2.24) is 5.32 Å². The minimum absolute atomic E-state index is 0.0346. The number of alkyl halides is 1. The van der Waals surface area contributed by atoms with Gasteiger partial charge in [0.2, 0.25) is 0 Å². The number of carbonyl (C=O) groups excluding carboxylic acids is 2. The predicted octanol–water partition coefficient (Wildman–Crippen LogP) is 2.61. The first-order valence-corrected chi connectivity index (χ1v) is 14.8. The third-order valence-corrected chi connectivity index (χ3v) is 11.0. The van der Waals surface area contributed by atoms with Crippen LogP contribution in [0.25, 0.3) is 0 Å². The summed E-state index contributed by atoms with van der Waals surface area (Å²) in [6, 6.07) is 7.19. The smallest absolute Gasteiger partial charge is 0.251 e. The lowest BCUT2D eigenvalue weighted by Gasteiger charge is -2.63. The van der Waals surface area contributed by atoms with Gasteiger partial charge in [-0.3, -0.25) is 9.59 Å².